The number of carbonyl (C=O) groups is 1. The number of carbonyl (C=O) groups excluding carboxylic acids is 1. The number of rotatable bonds is 5. The molecule has 4 nitrogen and oxygen atoms in total. The minimum absolute atomic E-state index is 0.178. The molecule has 1 unspecified atom stereocenters. The third-order valence-corrected chi connectivity index (χ3v) is 4.19. The SMILES string of the molecule is CCC1(C(=O)NCCc2cscn2)CCNC1. The molecule has 0 aromatic carbocycles. The summed E-state index contributed by atoms with van der Waals surface area (Å²) in [5.74, 6) is 0.195. The second kappa shape index (κ2) is 5.60. The molecule has 0 radical (unpaired) electrons. The monoisotopic (exact) mass is 253 g/mol. The van der Waals surface area contributed by atoms with E-state index in [0.717, 1.165) is 38.0 Å². The van der Waals surface area contributed by atoms with Gasteiger partial charge in [-0.2, -0.15) is 0 Å². The second-order valence-corrected chi connectivity index (χ2v) is 5.27. The highest BCUT2D eigenvalue weighted by molar-refractivity contribution is 7.07. The molecule has 5 heteroatoms. The van der Waals surface area contributed by atoms with Crippen LogP contribution in [0.25, 0.3) is 0 Å². The number of aromatic nitrogens is 1. The average Bonchev–Trinajstić information content (AvgIpc) is 3.00. The quantitative estimate of drug-likeness (QED) is 0.829. The Morgan fingerprint density at radius 3 is 3.18 bits per heavy atom. The van der Waals surface area contributed by atoms with Gasteiger partial charge < -0.3 is 10.6 Å². The van der Waals surface area contributed by atoms with Crippen LogP contribution in [-0.2, 0) is 11.2 Å². The van der Waals surface area contributed by atoms with Crippen LogP contribution in [0, 0.1) is 5.41 Å². The first-order valence-corrected chi connectivity index (χ1v) is 7.07. The maximum Gasteiger partial charge on any atom is 0.227 e. The maximum atomic E-state index is 12.2. The number of hydrogen-bond acceptors (Lipinski definition) is 4. The van der Waals surface area contributed by atoms with E-state index in [1.165, 1.54) is 0 Å². The van der Waals surface area contributed by atoms with E-state index < -0.39 is 0 Å². The van der Waals surface area contributed by atoms with Crippen LogP contribution in [0.3, 0.4) is 0 Å². The Balaban J connectivity index is 1.80. The van der Waals surface area contributed by atoms with Crippen LogP contribution in [0.15, 0.2) is 10.9 Å². The van der Waals surface area contributed by atoms with Crippen LogP contribution < -0.4 is 10.6 Å². The summed E-state index contributed by atoms with van der Waals surface area (Å²) in [5, 5.41) is 8.34. The molecule has 2 rings (SSSR count). The van der Waals surface area contributed by atoms with Gasteiger partial charge in [0, 0.05) is 24.9 Å². The van der Waals surface area contributed by atoms with Crippen LogP contribution in [0.5, 0.6) is 0 Å². The minimum Gasteiger partial charge on any atom is -0.355 e. The van der Waals surface area contributed by atoms with Crippen LogP contribution in [0.2, 0.25) is 0 Å². The van der Waals surface area contributed by atoms with Crippen LogP contribution >= 0.6 is 11.3 Å². The molecule has 94 valence electrons. The molecule has 1 fully saturated rings. The van der Waals surface area contributed by atoms with Crippen molar-refractivity contribution >= 4 is 17.2 Å². The highest BCUT2D eigenvalue weighted by Crippen LogP contribution is 2.29. The van der Waals surface area contributed by atoms with Gasteiger partial charge in [0.15, 0.2) is 0 Å². The Morgan fingerprint density at radius 1 is 1.71 bits per heavy atom. The Hall–Kier alpha value is -0.940. The van der Waals surface area contributed by atoms with Crippen molar-refractivity contribution in [1.82, 2.24) is 15.6 Å². The number of nitrogens with one attached hydrogen (secondary N) is 2. The Bertz CT molecular complexity index is 358. The van der Waals surface area contributed by atoms with Crippen molar-refractivity contribution in [3.05, 3.63) is 16.6 Å². The molecular formula is C12H19N3OS. The van der Waals surface area contributed by atoms with Gasteiger partial charge in [-0.3, -0.25) is 4.79 Å². The molecule has 0 spiro atoms. The molecule has 0 saturated carbocycles. The summed E-state index contributed by atoms with van der Waals surface area (Å²) in [5.41, 5.74) is 2.71. The third-order valence-electron chi connectivity index (χ3n) is 3.55. The molecular weight excluding hydrogens is 234 g/mol. The highest BCUT2D eigenvalue weighted by atomic mass is 32.1. The molecule has 1 aromatic rings. The largest absolute Gasteiger partial charge is 0.355 e. The van der Waals surface area contributed by atoms with Crippen molar-refractivity contribution in [2.75, 3.05) is 19.6 Å². The van der Waals surface area contributed by atoms with Gasteiger partial charge in [-0.1, -0.05) is 6.92 Å². The molecule has 1 saturated heterocycles. The number of nitrogens with zero attached hydrogens (tertiary/aromatic N) is 1. The molecule has 1 amide bonds. The van der Waals surface area contributed by atoms with E-state index >= 15 is 0 Å². The standard InChI is InChI=1S/C12H19N3OS/c1-2-12(4-6-13-8-12)11(16)14-5-3-10-7-17-9-15-10/h7,9,13H,2-6,8H2,1H3,(H,14,16). The van der Waals surface area contributed by atoms with E-state index in [4.69, 9.17) is 0 Å². The van der Waals surface area contributed by atoms with Gasteiger partial charge in [0.1, 0.15) is 0 Å². The van der Waals surface area contributed by atoms with Gasteiger partial charge in [-0.25, -0.2) is 4.98 Å². The molecule has 1 atom stereocenters. The Labute approximate surface area is 106 Å². The molecule has 2 heterocycles. The van der Waals surface area contributed by atoms with Crippen molar-refractivity contribution in [3.63, 3.8) is 0 Å². The smallest absolute Gasteiger partial charge is 0.227 e. The van der Waals surface area contributed by atoms with Crippen molar-refractivity contribution in [2.24, 2.45) is 5.41 Å². The fourth-order valence-electron chi connectivity index (χ4n) is 2.25. The fraction of sp³-hybridized carbons (Fsp3) is 0.667. The number of thiazole rings is 1. The van der Waals surface area contributed by atoms with E-state index in [1.54, 1.807) is 11.3 Å². The van der Waals surface area contributed by atoms with Crippen molar-refractivity contribution < 1.29 is 4.79 Å². The van der Waals surface area contributed by atoms with E-state index in [9.17, 15) is 4.79 Å². The van der Waals surface area contributed by atoms with E-state index in [-0.39, 0.29) is 11.3 Å². The minimum atomic E-state index is -0.178. The van der Waals surface area contributed by atoms with Gasteiger partial charge in [-0.05, 0) is 19.4 Å². The van der Waals surface area contributed by atoms with Gasteiger partial charge >= 0.3 is 0 Å². The molecule has 0 bridgehead atoms. The summed E-state index contributed by atoms with van der Waals surface area (Å²) in [7, 11) is 0. The topological polar surface area (TPSA) is 54.0 Å². The molecule has 1 aromatic heterocycles. The third kappa shape index (κ3) is 2.84. The average molecular weight is 253 g/mol. The number of amides is 1. The zero-order valence-electron chi connectivity index (χ0n) is 10.2. The summed E-state index contributed by atoms with van der Waals surface area (Å²) in [6.07, 6.45) is 2.68. The summed E-state index contributed by atoms with van der Waals surface area (Å²) < 4.78 is 0. The maximum absolute atomic E-state index is 12.2. The Morgan fingerprint density at radius 2 is 2.59 bits per heavy atom. The lowest BCUT2D eigenvalue weighted by Gasteiger charge is -2.25. The van der Waals surface area contributed by atoms with Gasteiger partial charge in [0.25, 0.3) is 0 Å². The van der Waals surface area contributed by atoms with Crippen molar-refractivity contribution in [3.8, 4) is 0 Å². The van der Waals surface area contributed by atoms with Crippen LogP contribution in [0.1, 0.15) is 25.5 Å². The second-order valence-electron chi connectivity index (χ2n) is 4.55. The molecule has 2 N–H and O–H groups in total. The zero-order chi connectivity index (χ0) is 12.1. The van der Waals surface area contributed by atoms with Crippen LogP contribution in [-0.4, -0.2) is 30.5 Å². The molecule has 1 aliphatic rings. The van der Waals surface area contributed by atoms with Gasteiger partial charge in [-0.15, -0.1) is 11.3 Å². The lowest BCUT2D eigenvalue weighted by molar-refractivity contribution is -0.130. The van der Waals surface area contributed by atoms with Gasteiger partial charge in [0.2, 0.25) is 5.91 Å². The Kier molecular flexibility index (Phi) is 4.12. The lowest BCUT2D eigenvalue weighted by Crippen LogP contribution is -2.42. The summed E-state index contributed by atoms with van der Waals surface area (Å²) in [6.45, 7) is 4.54. The first-order chi connectivity index (χ1) is 8.27. The molecule has 1 aliphatic heterocycles. The van der Waals surface area contributed by atoms with Crippen molar-refractivity contribution in [2.45, 2.75) is 26.2 Å². The first-order valence-electron chi connectivity index (χ1n) is 6.13. The predicted octanol–water partition coefficient (Wildman–Crippen LogP) is 1.19. The highest BCUT2D eigenvalue weighted by Gasteiger charge is 2.38. The molecule has 17 heavy (non-hydrogen) atoms. The first kappa shape index (κ1) is 12.5. The van der Waals surface area contributed by atoms with E-state index in [2.05, 4.69) is 22.5 Å². The van der Waals surface area contributed by atoms with E-state index in [1.807, 2.05) is 10.9 Å². The number of hydrogen-bond donors (Lipinski definition) is 2. The summed E-state index contributed by atoms with van der Waals surface area (Å²) in [4.78, 5) is 16.4. The zero-order valence-corrected chi connectivity index (χ0v) is 11.0. The summed E-state index contributed by atoms with van der Waals surface area (Å²) in [6, 6.07) is 0. The van der Waals surface area contributed by atoms with E-state index in [0.29, 0.717) is 6.54 Å². The predicted molar refractivity (Wildman–Crippen MR) is 69.0 cm³/mol. The van der Waals surface area contributed by atoms with Crippen molar-refractivity contribution in [1.29, 1.82) is 0 Å². The lowest BCUT2D eigenvalue weighted by atomic mass is 9.83. The molecule has 0 aliphatic carbocycles. The summed E-state index contributed by atoms with van der Waals surface area (Å²) >= 11 is 1.59. The fourth-order valence-corrected chi connectivity index (χ4v) is 2.85. The van der Waals surface area contributed by atoms with Gasteiger partial charge in [0.05, 0.1) is 16.6 Å². The normalized spacial score (nSPS) is 23.8. The van der Waals surface area contributed by atoms with Crippen LogP contribution in [0.4, 0.5) is 0 Å².